The van der Waals surface area contributed by atoms with E-state index < -0.39 is 12.6 Å². The molecule has 0 amide bonds. The first-order valence-corrected chi connectivity index (χ1v) is 5.97. The van der Waals surface area contributed by atoms with Crippen LogP contribution in [0.4, 0.5) is 13.2 Å². The third-order valence-corrected chi connectivity index (χ3v) is 3.25. The molecule has 2 nitrogen and oxygen atoms in total. The van der Waals surface area contributed by atoms with Crippen molar-refractivity contribution in [3.63, 3.8) is 0 Å². The highest BCUT2D eigenvalue weighted by Gasteiger charge is 2.30. The van der Waals surface area contributed by atoms with Crippen molar-refractivity contribution in [2.75, 3.05) is 13.7 Å². The quantitative estimate of drug-likeness (QED) is 0.899. The minimum absolute atomic E-state index is 0.0731. The second-order valence-electron chi connectivity index (χ2n) is 4.44. The molecule has 0 aliphatic carbocycles. The Morgan fingerprint density at radius 2 is 2.17 bits per heavy atom. The van der Waals surface area contributed by atoms with Crippen molar-refractivity contribution in [1.82, 2.24) is 5.32 Å². The van der Waals surface area contributed by atoms with Gasteiger partial charge in [0.1, 0.15) is 5.75 Å². The molecular formula is C13H16F3NO. The van der Waals surface area contributed by atoms with Gasteiger partial charge in [0, 0.05) is 18.0 Å². The first-order chi connectivity index (χ1) is 8.51. The van der Waals surface area contributed by atoms with Crippen molar-refractivity contribution in [3.05, 3.63) is 29.3 Å². The average molecular weight is 259 g/mol. The number of hydrogen-bond acceptors (Lipinski definition) is 2. The second-order valence-corrected chi connectivity index (χ2v) is 4.44. The van der Waals surface area contributed by atoms with Gasteiger partial charge in [-0.2, -0.15) is 13.2 Å². The molecule has 0 saturated heterocycles. The molecule has 1 N–H and O–H groups in total. The van der Waals surface area contributed by atoms with Crippen LogP contribution in [0, 0.1) is 0 Å². The number of halogens is 3. The summed E-state index contributed by atoms with van der Waals surface area (Å²) in [6.07, 6.45) is -4.00. The fourth-order valence-corrected chi connectivity index (χ4v) is 2.41. The molecule has 1 aliphatic rings. The van der Waals surface area contributed by atoms with Crippen molar-refractivity contribution in [3.8, 4) is 5.75 Å². The van der Waals surface area contributed by atoms with Crippen molar-refractivity contribution in [2.45, 2.75) is 31.5 Å². The number of alkyl halides is 3. The van der Waals surface area contributed by atoms with Gasteiger partial charge >= 0.3 is 6.18 Å². The van der Waals surface area contributed by atoms with Crippen LogP contribution >= 0.6 is 0 Å². The van der Waals surface area contributed by atoms with E-state index in [0.29, 0.717) is 6.54 Å². The zero-order valence-electron chi connectivity index (χ0n) is 10.2. The highest BCUT2D eigenvalue weighted by Crippen LogP contribution is 2.34. The molecular weight excluding hydrogens is 243 g/mol. The third kappa shape index (κ3) is 2.96. The van der Waals surface area contributed by atoms with Gasteiger partial charge in [-0.15, -0.1) is 0 Å². The van der Waals surface area contributed by atoms with Crippen LogP contribution < -0.4 is 10.1 Å². The molecule has 0 bridgehead atoms. The summed E-state index contributed by atoms with van der Waals surface area (Å²) in [4.78, 5) is 0. The molecule has 0 radical (unpaired) electrons. The van der Waals surface area contributed by atoms with Crippen molar-refractivity contribution in [1.29, 1.82) is 0 Å². The van der Waals surface area contributed by atoms with E-state index in [2.05, 4.69) is 5.32 Å². The van der Waals surface area contributed by atoms with Crippen LogP contribution in [0.1, 0.15) is 30.0 Å². The lowest BCUT2D eigenvalue weighted by Crippen LogP contribution is -2.31. The minimum Gasteiger partial charge on any atom is -0.496 e. The zero-order chi connectivity index (χ0) is 13.2. The maximum absolute atomic E-state index is 12.3. The monoisotopic (exact) mass is 259 g/mol. The molecule has 100 valence electrons. The van der Waals surface area contributed by atoms with Gasteiger partial charge in [0.15, 0.2) is 0 Å². The van der Waals surface area contributed by atoms with Gasteiger partial charge in [-0.1, -0.05) is 12.1 Å². The second kappa shape index (κ2) is 5.18. The summed E-state index contributed by atoms with van der Waals surface area (Å²) in [5.41, 5.74) is 1.97. The van der Waals surface area contributed by atoms with E-state index in [1.54, 1.807) is 7.11 Å². The predicted molar refractivity (Wildman–Crippen MR) is 62.7 cm³/mol. The molecule has 2 rings (SSSR count). The molecule has 5 heteroatoms. The number of ether oxygens (including phenoxy) is 1. The van der Waals surface area contributed by atoms with E-state index in [9.17, 15) is 13.2 Å². The van der Waals surface area contributed by atoms with Gasteiger partial charge in [0.25, 0.3) is 0 Å². The molecule has 1 aromatic rings. The highest BCUT2D eigenvalue weighted by atomic mass is 19.4. The summed E-state index contributed by atoms with van der Waals surface area (Å²) in [6, 6.07) is 5.33. The van der Waals surface area contributed by atoms with Crippen LogP contribution in [0.2, 0.25) is 0 Å². The Labute approximate surface area is 104 Å². The molecule has 18 heavy (non-hydrogen) atoms. The molecule has 1 heterocycles. The third-order valence-electron chi connectivity index (χ3n) is 3.25. The van der Waals surface area contributed by atoms with Crippen LogP contribution in [-0.2, 0) is 6.42 Å². The predicted octanol–water partition coefficient (Wildman–Crippen LogP) is 3.22. The van der Waals surface area contributed by atoms with Gasteiger partial charge in [-0.25, -0.2) is 0 Å². The van der Waals surface area contributed by atoms with E-state index in [0.717, 1.165) is 23.3 Å². The smallest absolute Gasteiger partial charge is 0.389 e. The summed E-state index contributed by atoms with van der Waals surface area (Å²) in [5.74, 6) is 0.769. The minimum atomic E-state index is -4.10. The molecule has 1 aliphatic heterocycles. The molecule has 1 unspecified atom stereocenters. The van der Waals surface area contributed by atoms with E-state index in [1.807, 2.05) is 18.2 Å². The van der Waals surface area contributed by atoms with Crippen LogP contribution in [0.3, 0.4) is 0 Å². The fourth-order valence-electron chi connectivity index (χ4n) is 2.41. The maximum atomic E-state index is 12.3. The molecule has 0 fully saturated rings. The Bertz CT molecular complexity index is 417. The van der Waals surface area contributed by atoms with Gasteiger partial charge in [0.2, 0.25) is 0 Å². The van der Waals surface area contributed by atoms with Gasteiger partial charge < -0.3 is 10.1 Å². The van der Waals surface area contributed by atoms with Crippen molar-refractivity contribution >= 4 is 0 Å². The first-order valence-electron chi connectivity index (χ1n) is 5.97. The average Bonchev–Trinajstić information content (AvgIpc) is 2.34. The number of hydrogen-bond donors (Lipinski definition) is 1. The van der Waals surface area contributed by atoms with E-state index in [-0.39, 0.29) is 12.5 Å². The number of nitrogens with one attached hydrogen (secondary N) is 1. The standard InChI is InChI=1S/C13H16F3NO/c1-18-12-4-2-3-9-10(12)6-8-17-11(9)5-7-13(14,15)16/h2-4,11,17H,5-8H2,1H3. The molecule has 0 spiro atoms. The Balaban J connectivity index is 2.18. The van der Waals surface area contributed by atoms with Gasteiger partial charge in [0.05, 0.1) is 7.11 Å². The van der Waals surface area contributed by atoms with E-state index in [4.69, 9.17) is 4.74 Å². The summed E-state index contributed by atoms with van der Waals surface area (Å²) < 4.78 is 42.1. The van der Waals surface area contributed by atoms with Crippen molar-refractivity contribution in [2.24, 2.45) is 0 Å². The largest absolute Gasteiger partial charge is 0.496 e. The molecule has 0 saturated carbocycles. The van der Waals surface area contributed by atoms with Crippen LogP contribution in [0.15, 0.2) is 18.2 Å². The van der Waals surface area contributed by atoms with Crippen LogP contribution in [0.25, 0.3) is 0 Å². The fraction of sp³-hybridized carbons (Fsp3) is 0.538. The lowest BCUT2D eigenvalue weighted by Gasteiger charge is -2.28. The lowest BCUT2D eigenvalue weighted by molar-refractivity contribution is -0.136. The maximum Gasteiger partial charge on any atom is 0.389 e. The van der Waals surface area contributed by atoms with Crippen LogP contribution in [-0.4, -0.2) is 19.8 Å². The highest BCUT2D eigenvalue weighted by molar-refractivity contribution is 5.43. The SMILES string of the molecule is COc1cccc2c1CCNC2CCC(F)(F)F. The Hall–Kier alpha value is -1.23. The Kier molecular flexibility index (Phi) is 3.80. The lowest BCUT2D eigenvalue weighted by atomic mass is 9.91. The number of rotatable bonds is 3. The van der Waals surface area contributed by atoms with E-state index in [1.165, 1.54) is 0 Å². The number of methoxy groups -OCH3 is 1. The molecule has 0 aromatic heterocycles. The van der Waals surface area contributed by atoms with Gasteiger partial charge in [-0.3, -0.25) is 0 Å². The number of fused-ring (bicyclic) bond motifs is 1. The van der Waals surface area contributed by atoms with Gasteiger partial charge in [-0.05, 0) is 31.0 Å². The summed E-state index contributed by atoms with van der Waals surface area (Å²) in [5, 5.41) is 3.14. The summed E-state index contributed by atoms with van der Waals surface area (Å²) in [6.45, 7) is 0.690. The summed E-state index contributed by atoms with van der Waals surface area (Å²) >= 11 is 0. The topological polar surface area (TPSA) is 21.3 Å². The van der Waals surface area contributed by atoms with E-state index >= 15 is 0 Å². The normalized spacial score (nSPS) is 19.4. The van der Waals surface area contributed by atoms with Crippen LogP contribution in [0.5, 0.6) is 5.75 Å². The Morgan fingerprint density at radius 3 is 2.83 bits per heavy atom. The zero-order valence-corrected chi connectivity index (χ0v) is 10.2. The summed E-state index contributed by atoms with van der Waals surface area (Å²) in [7, 11) is 1.59. The van der Waals surface area contributed by atoms with Crippen molar-refractivity contribution < 1.29 is 17.9 Å². The first kappa shape index (κ1) is 13.2. The molecule has 1 atom stereocenters. The molecule has 1 aromatic carbocycles. The number of benzene rings is 1. The Morgan fingerprint density at radius 1 is 1.39 bits per heavy atom.